The molecule has 3 amide bonds. The number of amides is 3. The lowest BCUT2D eigenvalue weighted by Crippen LogP contribution is -2.45. The molecule has 6 heteroatoms. The third kappa shape index (κ3) is 2.32. The van der Waals surface area contributed by atoms with Crippen LogP contribution in [0, 0.1) is 0 Å². The van der Waals surface area contributed by atoms with Crippen molar-refractivity contribution in [3.8, 4) is 0 Å². The zero-order valence-electron chi connectivity index (χ0n) is 12.8. The minimum atomic E-state index is -0.589. The Morgan fingerprint density at radius 1 is 0.917 bits per heavy atom. The molecule has 0 unspecified atom stereocenters. The van der Waals surface area contributed by atoms with Gasteiger partial charge in [0.2, 0.25) is 17.7 Å². The van der Waals surface area contributed by atoms with Gasteiger partial charge in [0.05, 0.1) is 17.3 Å². The van der Waals surface area contributed by atoms with E-state index in [0.29, 0.717) is 17.1 Å². The molecule has 2 aliphatic rings. The lowest BCUT2D eigenvalue weighted by molar-refractivity contribution is -0.125. The van der Waals surface area contributed by atoms with Gasteiger partial charge in [-0.1, -0.05) is 30.3 Å². The summed E-state index contributed by atoms with van der Waals surface area (Å²) in [6.07, 6.45) is 0.0795. The molecule has 120 valence electrons. The summed E-state index contributed by atoms with van der Waals surface area (Å²) >= 11 is 0. The van der Waals surface area contributed by atoms with Gasteiger partial charge in [0.15, 0.2) is 0 Å². The third-order valence-electron chi connectivity index (χ3n) is 4.33. The van der Waals surface area contributed by atoms with Gasteiger partial charge in [-0.3, -0.25) is 14.4 Å². The number of anilines is 3. The van der Waals surface area contributed by atoms with Crippen molar-refractivity contribution in [2.45, 2.75) is 12.3 Å². The first-order valence-corrected chi connectivity index (χ1v) is 7.72. The molecular formula is C18H15N3O3. The van der Waals surface area contributed by atoms with E-state index in [9.17, 15) is 14.4 Å². The second-order valence-corrected chi connectivity index (χ2v) is 5.88. The molecule has 6 nitrogen and oxygen atoms in total. The Morgan fingerprint density at radius 2 is 1.58 bits per heavy atom. The van der Waals surface area contributed by atoms with E-state index in [1.165, 1.54) is 4.90 Å². The van der Waals surface area contributed by atoms with Gasteiger partial charge < -0.3 is 15.5 Å². The van der Waals surface area contributed by atoms with E-state index in [1.807, 2.05) is 24.3 Å². The van der Waals surface area contributed by atoms with E-state index in [4.69, 9.17) is 0 Å². The van der Waals surface area contributed by atoms with Gasteiger partial charge >= 0.3 is 0 Å². The fourth-order valence-corrected chi connectivity index (χ4v) is 3.25. The highest BCUT2D eigenvalue weighted by Gasteiger charge is 2.36. The Kier molecular flexibility index (Phi) is 3.30. The molecule has 1 atom stereocenters. The van der Waals surface area contributed by atoms with Crippen molar-refractivity contribution >= 4 is 34.8 Å². The first kappa shape index (κ1) is 14.4. The minimum absolute atomic E-state index is 0.0455. The number of fused-ring (bicyclic) bond motifs is 2. The van der Waals surface area contributed by atoms with Crippen molar-refractivity contribution in [2.24, 2.45) is 0 Å². The minimum Gasteiger partial charge on any atom is -0.326 e. The van der Waals surface area contributed by atoms with E-state index >= 15 is 0 Å². The normalized spacial score (nSPS) is 19.0. The number of rotatable bonds is 1. The summed E-state index contributed by atoms with van der Waals surface area (Å²) in [5, 5.41) is 5.55. The van der Waals surface area contributed by atoms with E-state index in [-0.39, 0.29) is 30.7 Å². The van der Waals surface area contributed by atoms with E-state index in [0.717, 1.165) is 5.56 Å². The number of carbonyl (C=O) groups is 3. The lowest BCUT2D eigenvalue weighted by Gasteiger charge is -2.33. The summed E-state index contributed by atoms with van der Waals surface area (Å²) in [4.78, 5) is 38.5. The topological polar surface area (TPSA) is 78.5 Å². The Labute approximate surface area is 138 Å². The molecule has 4 rings (SSSR count). The predicted molar refractivity (Wildman–Crippen MR) is 89.9 cm³/mol. The standard InChI is InChI=1S/C18H15N3O3/c22-16-9-12(11-5-1-2-6-13(11)19-16)18(24)21-10-17(23)20-14-7-3-4-8-15(14)21/h1-8,12H,9-10H2,(H,19,22)(H,20,23)/t12-/m1/s1. The van der Waals surface area contributed by atoms with Crippen molar-refractivity contribution in [1.82, 2.24) is 0 Å². The number of carbonyl (C=O) groups excluding carboxylic acids is 3. The molecule has 2 aliphatic heterocycles. The average Bonchev–Trinajstić information content (AvgIpc) is 2.59. The van der Waals surface area contributed by atoms with Crippen molar-refractivity contribution < 1.29 is 14.4 Å². The van der Waals surface area contributed by atoms with Crippen LogP contribution >= 0.6 is 0 Å². The molecule has 2 aromatic rings. The van der Waals surface area contributed by atoms with Crippen LogP contribution in [0.3, 0.4) is 0 Å². The third-order valence-corrected chi connectivity index (χ3v) is 4.33. The largest absolute Gasteiger partial charge is 0.326 e. The predicted octanol–water partition coefficient (Wildman–Crippen LogP) is 2.10. The summed E-state index contributed by atoms with van der Waals surface area (Å²) in [7, 11) is 0. The molecule has 0 radical (unpaired) electrons. The highest BCUT2D eigenvalue weighted by Crippen LogP contribution is 2.37. The zero-order chi connectivity index (χ0) is 16.7. The molecule has 0 saturated carbocycles. The van der Waals surface area contributed by atoms with Crippen LogP contribution in [0.1, 0.15) is 17.9 Å². The number of hydrogen-bond donors (Lipinski definition) is 2. The Bertz CT molecular complexity index is 793. The van der Waals surface area contributed by atoms with E-state index in [2.05, 4.69) is 10.6 Å². The van der Waals surface area contributed by atoms with Gasteiger partial charge in [0.1, 0.15) is 6.54 Å². The maximum Gasteiger partial charge on any atom is 0.244 e. The van der Waals surface area contributed by atoms with Crippen LogP contribution < -0.4 is 15.5 Å². The summed E-state index contributed by atoms with van der Waals surface area (Å²) in [5.41, 5.74) is 2.70. The van der Waals surface area contributed by atoms with Crippen LogP contribution in [0.15, 0.2) is 48.5 Å². The second-order valence-electron chi connectivity index (χ2n) is 5.88. The van der Waals surface area contributed by atoms with Gasteiger partial charge in [0.25, 0.3) is 0 Å². The molecule has 2 heterocycles. The highest BCUT2D eigenvalue weighted by molar-refractivity contribution is 6.13. The number of nitrogens with one attached hydrogen (secondary N) is 2. The molecule has 0 spiro atoms. The van der Waals surface area contributed by atoms with Gasteiger partial charge in [-0.2, -0.15) is 0 Å². The summed E-state index contributed by atoms with van der Waals surface area (Å²) in [6, 6.07) is 14.4. The highest BCUT2D eigenvalue weighted by atomic mass is 16.2. The van der Waals surface area contributed by atoms with Gasteiger partial charge in [-0.05, 0) is 23.8 Å². The second kappa shape index (κ2) is 5.49. The molecule has 0 fully saturated rings. The maximum atomic E-state index is 13.1. The number of benzene rings is 2. The van der Waals surface area contributed by atoms with Crippen molar-refractivity contribution in [3.05, 3.63) is 54.1 Å². The van der Waals surface area contributed by atoms with Gasteiger partial charge in [0, 0.05) is 12.1 Å². The summed E-state index contributed by atoms with van der Waals surface area (Å²) in [5.74, 6) is -1.26. The molecule has 0 bridgehead atoms. The molecule has 2 N–H and O–H groups in total. The Hall–Kier alpha value is -3.15. The molecule has 0 saturated heterocycles. The molecule has 24 heavy (non-hydrogen) atoms. The quantitative estimate of drug-likeness (QED) is 0.844. The fourth-order valence-electron chi connectivity index (χ4n) is 3.25. The summed E-state index contributed by atoms with van der Waals surface area (Å²) < 4.78 is 0. The van der Waals surface area contributed by atoms with E-state index in [1.54, 1.807) is 24.3 Å². The molecular weight excluding hydrogens is 306 g/mol. The van der Waals surface area contributed by atoms with Crippen molar-refractivity contribution in [1.29, 1.82) is 0 Å². The average molecular weight is 321 g/mol. The lowest BCUT2D eigenvalue weighted by atomic mass is 9.89. The van der Waals surface area contributed by atoms with E-state index < -0.39 is 5.92 Å². The fraction of sp³-hybridized carbons (Fsp3) is 0.167. The zero-order valence-corrected chi connectivity index (χ0v) is 12.8. The van der Waals surface area contributed by atoms with Gasteiger partial charge in [-0.25, -0.2) is 0 Å². The number of hydrogen-bond acceptors (Lipinski definition) is 3. The van der Waals surface area contributed by atoms with Gasteiger partial charge in [-0.15, -0.1) is 0 Å². The molecule has 0 aromatic heterocycles. The Balaban J connectivity index is 1.75. The number of nitrogens with zero attached hydrogens (tertiary/aromatic N) is 1. The van der Waals surface area contributed by atoms with Crippen LogP contribution in [-0.4, -0.2) is 24.3 Å². The van der Waals surface area contributed by atoms with Crippen LogP contribution in [0.4, 0.5) is 17.1 Å². The first-order valence-electron chi connectivity index (χ1n) is 7.72. The maximum absolute atomic E-state index is 13.1. The summed E-state index contributed by atoms with van der Waals surface area (Å²) in [6.45, 7) is -0.0455. The molecule has 2 aromatic carbocycles. The van der Waals surface area contributed by atoms with Crippen LogP contribution in [0.2, 0.25) is 0 Å². The smallest absolute Gasteiger partial charge is 0.244 e. The van der Waals surface area contributed by atoms with Crippen LogP contribution in [0.25, 0.3) is 0 Å². The van der Waals surface area contributed by atoms with Crippen LogP contribution in [-0.2, 0) is 14.4 Å². The van der Waals surface area contributed by atoms with Crippen LogP contribution in [0.5, 0.6) is 0 Å². The Morgan fingerprint density at radius 3 is 2.42 bits per heavy atom. The SMILES string of the molecule is O=C1C[C@@H](C(=O)N2CC(=O)Nc3ccccc32)c2ccccc2N1. The number of para-hydroxylation sites is 3. The van der Waals surface area contributed by atoms with Crippen molar-refractivity contribution in [3.63, 3.8) is 0 Å². The van der Waals surface area contributed by atoms with Crippen molar-refractivity contribution in [2.75, 3.05) is 22.1 Å². The first-order chi connectivity index (χ1) is 11.6. The molecule has 0 aliphatic carbocycles. The monoisotopic (exact) mass is 321 g/mol.